The highest BCUT2D eigenvalue weighted by molar-refractivity contribution is 5.80. The van der Waals surface area contributed by atoms with Crippen molar-refractivity contribution in [2.24, 2.45) is 0 Å². The first kappa shape index (κ1) is 14.1. The SMILES string of the molecule is CC(=O)C(C)N1CCC(C)(Oc2ccccc2)CC1. The van der Waals surface area contributed by atoms with Gasteiger partial charge in [-0.25, -0.2) is 0 Å². The zero-order valence-corrected chi connectivity index (χ0v) is 12.1. The fraction of sp³-hybridized carbons (Fsp3) is 0.562. The number of para-hydroxylation sites is 1. The van der Waals surface area contributed by atoms with Gasteiger partial charge in [0, 0.05) is 13.1 Å². The normalized spacial score (nSPS) is 20.8. The molecule has 3 heteroatoms. The summed E-state index contributed by atoms with van der Waals surface area (Å²) in [5.74, 6) is 1.17. The molecule has 1 unspecified atom stereocenters. The molecule has 1 aromatic carbocycles. The number of benzene rings is 1. The van der Waals surface area contributed by atoms with Gasteiger partial charge < -0.3 is 4.74 Å². The van der Waals surface area contributed by atoms with Crippen LogP contribution in [0.1, 0.15) is 33.6 Å². The predicted molar refractivity (Wildman–Crippen MR) is 76.4 cm³/mol. The van der Waals surface area contributed by atoms with E-state index in [0.29, 0.717) is 0 Å². The Morgan fingerprint density at radius 1 is 1.26 bits per heavy atom. The van der Waals surface area contributed by atoms with E-state index in [1.807, 2.05) is 37.3 Å². The van der Waals surface area contributed by atoms with Gasteiger partial charge >= 0.3 is 0 Å². The summed E-state index contributed by atoms with van der Waals surface area (Å²) in [6.07, 6.45) is 1.92. The summed E-state index contributed by atoms with van der Waals surface area (Å²) in [7, 11) is 0. The maximum Gasteiger partial charge on any atom is 0.146 e. The number of piperidine rings is 1. The lowest BCUT2D eigenvalue weighted by Crippen LogP contribution is -2.50. The molecule has 0 spiro atoms. The van der Waals surface area contributed by atoms with Crippen LogP contribution in [0.5, 0.6) is 5.75 Å². The average molecular weight is 261 g/mol. The molecule has 19 heavy (non-hydrogen) atoms. The second-order valence-electron chi connectivity index (χ2n) is 5.69. The van der Waals surface area contributed by atoms with Crippen molar-refractivity contribution in [3.8, 4) is 5.75 Å². The number of Topliss-reactive ketones (excluding diaryl/α,β-unsaturated/α-hetero) is 1. The molecular formula is C16H23NO2. The van der Waals surface area contributed by atoms with Crippen molar-refractivity contribution in [2.75, 3.05) is 13.1 Å². The number of hydrogen-bond acceptors (Lipinski definition) is 3. The summed E-state index contributed by atoms with van der Waals surface area (Å²) >= 11 is 0. The molecule has 0 bridgehead atoms. The van der Waals surface area contributed by atoms with Crippen molar-refractivity contribution in [1.82, 2.24) is 4.90 Å². The Bertz CT molecular complexity index is 422. The summed E-state index contributed by atoms with van der Waals surface area (Å²) in [4.78, 5) is 13.7. The van der Waals surface area contributed by atoms with Crippen LogP contribution in [0.2, 0.25) is 0 Å². The summed E-state index contributed by atoms with van der Waals surface area (Å²) in [5, 5.41) is 0. The molecule has 0 saturated carbocycles. The Labute approximate surface area is 115 Å². The first-order valence-electron chi connectivity index (χ1n) is 6.99. The van der Waals surface area contributed by atoms with Crippen LogP contribution >= 0.6 is 0 Å². The van der Waals surface area contributed by atoms with Crippen LogP contribution in [0.15, 0.2) is 30.3 Å². The van der Waals surface area contributed by atoms with Crippen molar-refractivity contribution >= 4 is 5.78 Å². The van der Waals surface area contributed by atoms with E-state index < -0.39 is 0 Å². The lowest BCUT2D eigenvalue weighted by Gasteiger charge is -2.41. The van der Waals surface area contributed by atoms with Crippen LogP contribution in [0.25, 0.3) is 0 Å². The van der Waals surface area contributed by atoms with Crippen molar-refractivity contribution in [1.29, 1.82) is 0 Å². The molecule has 0 aliphatic carbocycles. The molecular weight excluding hydrogens is 238 g/mol. The maximum atomic E-state index is 11.4. The topological polar surface area (TPSA) is 29.5 Å². The number of ketones is 1. The Morgan fingerprint density at radius 3 is 2.37 bits per heavy atom. The molecule has 0 aromatic heterocycles. The van der Waals surface area contributed by atoms with Gasteiger partial charge in [0.25, 0.3) is 0 Å². The number of ether oxygens (including phenoxy) is 1. The molecule has 1 atom stereocenters. The minimum atomic E-state index is -0.117. The third-order valence-corrected chi connectivity index (χ3v) is 4.10. The van der Waals surface area contributed by atoms with E-state index in [0.717, 1.165) is 31.7 Å². The molecule has 1 aliphatic rings. The zero-order chi connectivity index (χ0) is 13.9. The first-order chi connectivity index (χ1) is 9.00. The second kappa shape index (κ2) is 5.74. The van der Waals surface area contributed by atoms with Crippen LogP contribution in [-0.4, -0.2) is 35.4 Å². The van der Waals surface area contributed by atoms with E-state index >= 15 is 0 Å². The van der Waals surface area contributed by atoms with Gasteiger partial charge in [-0.05, 0) is 45.7 Å². The van der Waals surface area contributed by atoms with Crippen LogP contribution in [0, 0.1) is 0 Å². The van der Waals surface area contributed by atoms with Gasteiger partial charge in [0.15, 0.2) is 0 Å². The third-order valence-electron chi connectivity index (χ3n) is 4.10. The first-order valence-corrected chi connectivity index (χ1v) is 6.99. The molecule has 0 N–H and O–H groups in total. The lowest BCUT2D eigenvalue weighted by molar-refractivity contribution is -0.123. The van der Waals surface area contributed by atoms with Crippen molar-refractivity contribution in [3.63, 3.8) is 0 Å². The maximum absolute atomic E-state index is 11.4. The van der Waals surface area contributed by atoms with E-state index in [4.69, 9.17) is 4.74 Å². The molecule has 1 aliphatic heterocycles. The van der Waals surface area contributed by atoms with Gasteiger partial charge in [0.05, 0.1) is 6.04 Å². The monoisotopic (exact) mass is 261 g/mol. The third kappa shape index (κ3) is 3.57. The number of likely N-dealkylation sites (tertiary alicyclic amines) is 1. The number of nitrogens with zero attached hydrogens (tertiary/aromatic N) is 1. The zero-order valence-electron chi connectivity index (χ0n) is 12.1. The largest absolute Gasteiger partial charge is 0.487 e. The van der Waals surface area contributed by atoms with Gasteiger partial charge in [-0.2, -0.15) is 0 Å². The Hall–Kier alpha value is -1.35. The standard InChI is InChI=1S/C16H23NO2/c1-13(14(2)18)17-11-9-16(3,10-12-17)19-15-7-5-4-6-8-15/h4-8,13H,9-12H2,1-3H3. The smallest absolute Gasteiger partial charge is 0.146 e. The molecule has 1 aromatic rings. The Morgan fingerprint density at radius 2 is 1.84 bits per heavy atom. The molecule has 3 nitrogen and oxygen atoms in total. The van der Waals surface area contributed by atoms with Gasteiger partial charge in [0.2, 0.25) is 0 Å². The van der Waals surface area contributed by atoms with E-state index in [1.165, 1.54) is 0 Å². The molecule has 0 amide bonds. The fourth-order valence-electron chi connectivity index (χ4n) is 2.52. The van der Waals surface area contributed by atoms with Crippen molar-refractivity contribution in [2.45, 2.75) is 45.3 Å². The van der Waals surface area contributed by atoms with E-state index in [1.54, 1.807) is 6.92 Å². The minimum Gasteiger partial charge on any atom is -0.487 e. The van der Waals surface area contributed by atoms with Crippen LogP contribution < -0.4 is 4.74 Å². The van der Waals surface area contributed by atoms with Gasteiger partial charge in [-0.3, -0.25) is 9.69 Å². The average Bonchev–Trinajstić information content (AvgIpc) is 2.39. The van der Waals surface area contributed by atoms with Crippen molar-refractivity contribution < 1.29 is 9.53 Å². The Kier molecular flexibility index (Phi) is 4.25. The van der Waals surface area contributed by atoms with Crippen LogP contribution in [0.4, 0.5) is 0 Å². The van der Waals surface area contributed by atoms with Crippen LogP contribution in [0.3, 0.4) is 0 Å². The minimum absolute atomic E-state index is 0.0290. The second-order valence-corrected chi connectivity index (χ2v) is 5.69. The number of rotatable bonds is 4. The van der Waals surface area contributed by atoms with E-state index in [-0.39, 0.29) is 17.4 Å². The molecule has 1 heterocycles. The summed E-state index contributed by atoms with van der Waals surface area (Å²) in [6, 6.07) is 10.00. The molecule has 1 fully saturated rings. The highest BCUT2D eigenvalue weighted by atomic mass is 16.5. The fourth-order valence-corrected chi connectivity index (χ4v) is 2.52. The summed E-state index contributed by atoms with van der Waals surface area (Å²) < 4.78 is 6.12. The molecule has 0 radical (unpaired) electrons. The quantitative estimate of drug-likeness (QED) is 0.834. The van der Waals surface area contributed by atoms with Crippen LogP contribution in [-0.2, 0) is 4.79 Å². The highest BCUT2D eigenvalue weighted by Crippen LogP contribution is 2.29. The van der Waals surface area contributed by atoms with E-state index in [2.05, 4.69) is 11.8 Å². The van der Waals surface area contributed by atoms with Crippen molar-refractivity contribution in [3.05, 3.63) is 30.3 Å². The molecule has 2 rings (SSSR count). The summed E-state index contributed by atoms with van der Waals surface area (Å²) in [6.45, 7) is 7.66. The highest BCUT2D eigenvalue weighted by Gasteiger charge is 2.34. The van der Waals surface area contributed by atoms with E-state index in [9.17, 15) is 4.79 Å². The van der Waals surface area contributed by atoms with Gasteiger partial charge in [0.1, 0.15) is 17.1 Å². The number of carbonyl (C=O) groups excluding carboxylic acids is 1. The van der Waals surface area contributed by atoms with Gasteiger partial charge in [-0.1, -0.05) is 18.2 Å². The summed E-state index contributed by atoms with van der Waals surface area (Å²) in [5.41, 5.74) is -0.117. The molecule has 104 valence electrons. The predicted octanol–water partition coefficient (Wildman–Crippen LogP) is 2.90. The van der Waals surface area contributed by atoms with Gasteiger partial charge in [-0.15, -0.1) is 0 Å². The number of carbonyl (C=O) groups is 1. The molecule has 1 saturated heterocycles. The Balaban J connectivity index is 1.93. The lowest BCUT2D eigenvalue weighted by atomic mass is 9.92. The number of hydrogen-bond donors (Lipinski definition) is 0.